The Labute approximate surface area is 204 Å². The number of ether oxygens (including phenoxy) is 1. The Balaban J connectivity index is 0.00000320. The van der Waals surface area contributed by atoms with Gasteiger partial charge in [-0.05, 0) is 67.3 Å². The number of thiophene rings is 1. The first-order valence-electron chi connectivity index (χ1n) is 11.7. The van der Waals surface area contributed by atoms with Gasteiger partial charge in [0.15, 0.2) is 5.96 Å². The Hall–Kier alpha value is -0.380. The van der Waals surface area contributed by atoms with Crippen LogP contribution in [0, 0.1) is 0 Å². The number of nitrogens with zero attached hydrogens (tertiary/aromatic N) is 2. The summed E-state index contributed by atoms with van der Waals surface area (Å²) in [5, 5.41) is 11.5. The molecular formula is C23H41IN4OS. The monoisotopic (exact) mass is 548 g/mol. The van der Waals surface area contributed by atoms with Crippen molar-refractivity contribution < 1.29 is 4.74 Å². The van der Waals surface area contributed by atoms with Crippen LogP contribution in [0.4, 0.5) is 0 Å². The highest BCUT2D eigenvalue weighted by Gasteiger charge is 2.20. The van der Waals surface area contributed by atoms with Gasteiger partial charge in [-0.25, -0.2) is 0 Å². The molecule has 0 radical (unpaired) electrons. The summed E-state index contributed by atoms with van der Waals surface area (Å²) in [7, 11) is 1.87. The largest absolute Gasteiger partial charge is 0.378 e. The third-order valence-corrected chi connectivity index (χ3v) is 6.89. The van der Waals surface area contributed by atoms with Gasteiger partial charge in [0.05, 0.1) is 6.10 Å². The van der Waals surface area contributed by atoms with E-state index >= 15 is 0 Å². The normalized spacial score (nSPS) is 19.4. The molecule has 2 aliphatic rings. The van der Waals surface area contributed by atoms with E-state index < -0.39 is 0 Å². The molecule has 5 nitrogen and oxygen atoms in total. The molecule has 2 N–H and O–H groups in total. The lowest BCUT2D eigenvalue weighted by Crippen LogP contribution is -2.48. The maximum atomic E-state index is 6.01. The quantitative estimate of drug-likeness (QED) is 0.187. The molecule has 1 saturated carbocycles. The van der Waals surface area contributed by atoms with E-state index in [0.717, 1.165) is 38.7 Å². The number of hydrogen-bond acceptors (Lipinski definition) is 4. The second-order valence-electron chi connectivity index (χ2n) is 8.52. The van der Waals surface area contributed by atoms with Crippen molar-refractivity contribution in [3.63, 3.8) is 0 Å². The molecule has 0 unspecified atom stereocenters. The van der Waals surface area contributed by atoms with E-state index in [1.54, 1.807) is 11.3 Å². The Bertz CT molecular complexity index is 570. The van der Waals surface area contributed by atoms with Crippen LogP contribution in [0.25, 0.3) is 0 Å². The van der Waals surface area contributed by atoms with Crippen LogP contribution in [0.1, 0.15) is 69.8 Å². The van der Waals surface area contributed by atoms with E-state index in [0.29, 0.717) is 12.1 Å². The van der Waals surface area contributed by atoms with Gasteiger partial charge in [-0.2, -0.15) is 11.3 Å². The Kier molecular flexibility index (Phi) is 13.3. The zero-order valence-corrected chi connectivity index (χ0v) is 21.8. The highest BCUT2D eigenvalue weighted by atomic mass is 127. The van der Waals surface area contributed by atoms with E-state index in [4.69, 9.17) is 4.74 Å². The lowest BCUT2D eigenvalue weighted by molar-refractivity contribution is 0.0264. The van der Waals surface area contributed by atoms with E-state index in [2.05, 4.69) is 37.4 Å². The summed E-state index contributed by atoms with van der Waals surface area (Å²) >= 11 is 1.79. The summed E-state index contributed by atoms with van der Waals surface area (Å²) in [6.07, 6.45) is 13.1. The van der Waals surface area contributed by atoms with E-state index in [9.17, 15) is 0 Å². The molecule has 0 bridgehead atoms. The van der Waals surface area contributed by atoms with Gasteiger partial charge in [0, 0.05) is 45.9 Å². The van der Waals surface area contributed by atoms with Crippen LogP contribution in [-0.2, 0) is 11.3 Å². The fourth-order valence-electron chi connectivity index (χ4n) is 4.36. The molecule has 0 aromatic carbocycles. The van der Waals surface area contributed by atoms with Gasteiger partial charge >= 0.3 is 0 Å². The third kappa shape index (κ3) is 9.83. The summed E-state index contributed by atoms with van der Waals surface area (Å²) in [5.41, 5.74) is 1.45. The molecule has 172 valence electrons. The van der Waals surface area contributed by atoms with Crippen molar-refractivity contribution in [2.45, 2.75) is 82.9 Å². The standard InChI is InChI=1S/C23H40N4OS.HI/c1-24-23(25-13-6-3-7-16-28-22-8-4-2-5-9-22)26-21-10-14-27(15-11-21)18-20-12-17-29-19-20;/h12,17,19,21-22H,2-11,13-16,18H2,1H3,(H2,24,25,26);1H. The number of piperidine rings is 1. The maximum absolute atomic E-state index is 6.01. The van der Waals surface area contributed by atoms with Crippen molar-refractivity contribution in [1.29, 1.82) is 0 Å². The molecule has 7 heteroatoms. The first-order valence-corrected chi connectivity index (χ1v) is 12.6. The molecule has 3 rings (SSSR count). The van der Waals surface area contributed by atoms with Gasteiger partial charge in [-0.1, -0.05) is 19.3 Å². The number of likely N-dealkylation sites (tertiary alicyclic amines) is 1. The van der Waals surface area contributed by atoms with Crippen LogP contribution in [0.3, 0.4) is 0 Å². The van der Waals surface area contributed by atoms with Crippen molar-refractivity contribution in [1.82, 2.24) is 15.5 Å². The van der Waals surface area contributed by atoms with Crippen LogP contribution in [0.5, 0.6) is 0 Å². The van der Waals surface area contributed by atoms with Gasteiger partial charge in [0.25, 0.3) is 0 Å². The lowest BCUT2D eigenvalue weighted by atomic mass is 9.98. The Morgan fingerprint density at radius 2 is 1.93 bits per heavy atom. The van der Waals surface area contributed by atoms with Crippen LogP contribution >= 0.6 is 35.3 Å². The SMILES string of the molecule is CN=C(NCCCCCOC1CCCCC1)NC1CCN(Cc2ccsc2)CC1.I. The predicted molar refractivity (Wildman–Crippen MR) is 139 cm³/mol. The molecule has 2 heterocycles. The fraction of sp³-hybridized carbons (Fsp3) is 0.783. The van der Waals surface area contributed by atoms with E-state index in [-0.39, 0.29) is 24.0 Å². The van der Waals surface area contributed by atoms with Gasteiger partial charge < -0.3 is 15.4 Å². The molecular weight excluding hydrogens is 507 g/mol. The highest BCUT2D eigenvalue weighted by Crippen LogP contribution is 2.20. The minimum Gasteiger partial charge on any atom is -0.378 e. The van der Waals surface area contributed by atoms with Gasteiger partial charge in [-0.15, -0.1) is 24.0 Å². The zero-order valence-electron chi connectivity index (χ0n) is 18.6. The molecule has 0 atom stereocenters. The molecule has 1 aliphatic heterocycles. The number of guanidine groups is 1. The van der Waals surface area contributed by atoms with Crippen LogP contribution in [-0.4, -0.2) is 56.3 Å². The fourth-order valence-corrected chi connectivity index (χ4v) is 5.02. The molecule has 1 aromatic heterocycles. The minimum atomic E-state index is 0. The van der Waals surface area contributed by atoms with Crippen LogP contribution in [0.2, 0.25) is 0 Å². The molecule has 1 aliphatic carbocycles. The average molecular weight is 549 g/mol. The summed E-state index contributed by atoms with van der Waals surface area (Å²) in [4.78, 5) is 6.98. The number of aliphatic imine (C=N–C) groups is 1. The van der Waals surface area contributed by atoms with E-state index in [1.165, 1.54) is 69.8 Å². The van der Waals surface area contributed by atoms with Gasteiger partial charge in [-0.3, -0.25) is 9.89 Å². The van der Waals surface area contributed by atoms with Crippen molar-refractivity contribution in [3.05, 3.63) is 22.4 Å². The zero-order chi connectivity index (χ0) is 20.2. The highest BCUT2D eigenvalue weighted by molar-refractivity contribution is 14.0. The van der Waals surface area contributed by atoms with Crippen LogP contribution in [0.15, 0.2) is 21.8 Å². The molecule has 0 amide bonds. The predicted octanol–water partition coefficient (Wildman–Crippen LogP) is 5.02. The topological polar surface area (TPSA) is 48.9 Å². The molecule has 0 spiro atoms. The summed E-state index contributed by atoms with van der Waals surface area (Å²) in [5.74, 6) is 0.958. The number of hydrogen-bond donors (Lipinski definition) is 2. The molecule has 2 fully saturated rings. The number of halogens is 1. The number of unbranched alkanes of at least 4 members (excludes halogenated alkanes) is 2. The Morgan fingerprint density at radius 3 is 2.63 bits per heavy atom. The minimum absolute atomic E-state index is 0. The van der Waals surface area contributed by atoms with Crippen molar-refractivity contribution in [2.75, 3.05) is 33.3 Å². The Morgan fingerprint density at radius 1 is 1.13 bits per heavy atom. The smallest absolute Gasteiger partial charge is 0.191 e. The molecule has 1 aromatic rings. The van der Waals surface area contributed by atoms with Crippen LogP contribution < -0.4 is 10.6 Å². The first kappa shape index (κ1) is 25.9. The van der Waals surface area contributed by atoms with Gasteiger partial charge in [0.1, 0.15) is 0 Å². The second kappa shape index (κ2) is 15.4. The first-order chi connectivity index (χ1) is 14.3. The second-order valence-corrected chi connectivity index (χ2v) is 9.30. The summed E-state index contributed by atoms with van der Waals surface area (Å²) in [6, 6.07) is 2.77. The number of rotatable bonds is 10. The lowest BCUT2D eigenvalue weighted by Gasteiger charge is -2.33. The third-order valence-electron chi connectivity index (χ3n) is 6.16. The average Bonchev–Trinajstić information content (AvgIpc) is 3.27. The van der Waals surface area contributed by atoms with Crippen molar-refractivity contribution in [3.8, 4) is 0 Å². The number of nitrogens with one attached hydrogen (secondary N) is 2. The molecule has 1 saturated heterocycles. The summed E-state index contributed by atoms with van der Waals surface area (Å²) in [6.45, 7) is 5.33. The van der Waals surface area contributed by atoms with Crippen molar-refractivity contribution in [2.24, 2.45) is 4.99 Å². The molecule has 30 heavy (non-hydrogen) atoms. The van der Waals surface area contributed by atoms with Crippen molar-refractivity contribution >= 4 is 41.3 Å². The maximum Gasteiger partial charge on any atom is 0.191 e. The van der Waals surface area contributed by atoms with Gasteiger partial charge in [0.2, 0.25) is 0 Å². The summed E-state index contributed by atoms with van der Waals surface area (Å²) < 4.78 is 6.01. The van der Waals surface area contributed by atoms with E-state index in [1.807, 2.05) is 7.05 Å².